The highest BCUT2D eigenvalue weighted by molar-refractivity contribution is 7.12. The molecule has 0 saturated carbocycles. The summed E-state index contributed by atoms with van der Waals surface area (Å²) in [5.74, 6) is -1.00. The van der Waals surface area contributed by atoms with Crippen LogP contribution in [0, 0.1) is 0 Å². The quantitative estimate of drug-likeness (QED) is 0.416. The van der Waals surface area contributed by atoms with Gasteiger partial charge >= 0.3 is 5.97 Å². The maximum absolute atomic E-state index is 12.2. The normalized spacial score (nSPS) is 10.6. The van der Waals surface area contributed by atoms with Gasteiger partial charge in [0, 0.05) is 19.4 Å². The van der Waals surface area contributed by atoms with Crippen LogP contribution in [0.5, 0.6) is 0 Å². The highest BCUT2D eigenvalue weighted by Gasteiger charge is 2.11. The maximum Gasteiger partial charge on any atom is 0.309 e. The summed E-state index contributed by atoms with van der Waals surface area (Å²) in [7, 11) is 0. The van der Waals surface area contributed by atoms with Crippen LogP contribution >= 0.6 is 11.3 Å². The van der Waals surface area contributed by atoms with Gasteiger partial charge in [0.2, 0.25) is 5.91 Å². The second-order valence-electron chi connectivity index (χ2n) is 6.06. The van der Waals surface area contributed by atoms with E-state index in [1.165, 1.54) is 11.3 Å². The molecule has 29 heavy (non-hydrogen) atoms. The number of nitrogens with zero attached hydrogens (tertiary/aromatic N) is 3. The lowest BCUT2D eigenvalue weighted by molar-refractivity contribution is -0.148. The zero-order valence-electron chi connectivity index (χ0n) is 15.4. The zero-order chi connectivity index (χ0) is 20.6. The molecule has 1 amide bonds. The fraction of sp³-hybridized carbons (Fsp3) is 0.263. The Morgan fingerprint density at radius 2 is 1.90 bits per heavy atom. The van der Waals surface area contributed by atoms with E-state index in [0.29, 0.717) is 15.8 Å². The van der Waals surface area contributed by atoms with Crippen molar-refractivity contribution in [2.45, 2.75) is 26.0 Å². The van der Waals surface area contributed by atoms with Crippen LogP contribution in [-0.2, 0) is 21.1 Å². The molecule has 0 aliphatic rings. The van der Waals surface area contributed by atoms with E-state index in [4.69, 9.17) is 4.74 Å². The maximum atomic E-state index is 12.2. The van der Waals surface area contributed by atoms with E-state index in [1.54, 1.807) is 41.8 Å². The minimum absolute atomic E-state index is 0.0495. The summed E-state index contributed by atoms with van der Waals surface area (Å²) >= 11 is 1.33. The van der Waals surface area contributed by atoms with Crippen LogP contribution in [0.1, 0.15) is 28.9 Å². The van der Waals surface area contributed by atoms with Crippen LogP contribution in [0.3, 0.4) is 0 Å². The monoisotopic (exact) mass is 414 g/mol. The molecule has 1 N–H and O–H groups in total. The van der Waals surface area contributed by atoms with Gasteiger partial charge in [0.05, 0.1) is 16.7 Å². The van der Waals surface area contributed by atoms with E-state index >= 15 is 0 Å². The number of aromatic nitrogens is 3. The summed E-state index contributed by atoms with van der Waals surface area (Å²) in [6.07, 6.45) is 0.0918. The molecule has 3 rings (SSSR count). The number of carbonyl (C=O) groups is 3. The molecule has 0 aliphatic heterocycles. The van der Waals surface area contributed by atoms with Gasteiger partial charge in [-0.05, 0) is 23.6 Å². The molecule has 1 aromatic carbocycles. The number of nitrogens with one attached hydrogen (secondary N) is 1. The number of rotatable bonds is 9. The fourth-order valence-corrected chi connectivity index (χ4v) is 3.19. The summed E-state index contributed by atoms with van der Waals surface area (Å²) in [5.41, 5.74) is 0.0486. The van der Waals surface area contributed by atoms with Crippen molar-refractivity contribution >= 4 is 39.9 Å². The zero-order valence-corrected chi connectivity index (χ0v) is 16.2. The first kappa shape index (κ1) is 20.3. The van der Waals surface area contributed by atoms with Crippen molar-refractivity contribution in [3.8, 4) is 0 Å². The Morgan fingerprint density at radius 3 is 2.69 bits per heavy atom. The van der Waals surface area contributed by atoms with Crippen molar-refractivity contribution in [2.24, 2.45) is 0 Å². The Kier molecular flexibility index (Phi) is 6.80. The Bertz CT molecular complexity index is 1080. The lowest BCUT2D eigenvalue weighted by Gasteiger charge is -2.07. The van der Waals surface area contributed by atoms with E-state index in [9.17, 15) is 19.2 Å². The van der Waals surface area contributed by atoms with Crippen LogP contribution in [0.2, 0.25) is 0 Å². The molecule has 3 aromatic rings. The summed E-state index contributed by atoms with van der Waals surface area (Å²) in [6.45, 7) is -0.290. The molecule has 0 atom stereocenters. The third-order valence-electron chi connectivity index (χ3n) is 4.00. The van der Waals surface area contributed by atoms with Gasteiger partial charge in [-0.3, -0.25) is 19.2 Å². The molecular weight excluding hydrogens is 396 g/mol. The number of benzene rings is 1. The van der Waals surface area contributed by atoms with Crippen LogP contribution in [0.25, 0.3) is 10.9 Å². The van der Waals surface area contributed by atoms with Crippen LogP contribution in [0.4, 0.5) is 0 Å². The number of carbonyl (C=O) groups excluding carboxylic acids is 3. The Labute approximate surface area is 169 Å². The summed E-state index contributed by atoms with van der Waals surface area (Å²) in [4.78, 5) is 48.3. The first-order valence-corrected chi connectivity index (χ1v) is 9.74. The molecule has 9 nitrogen and oxygen atoms in total. The van der Waals surface area contributed by atoms with Gasteiger partial charge in [0.15, 0.2) is 12.5 Å². The smallest absolute Gasteiger partial charge is 0.309 e. The van der Waals surface area contributed by atoms with Gasteiger partial charge in [0.1, 0.15) is 5.52 Å². The van der Waals surface area contributed by atoms with Gasteiger partial charge < -0.3 is 10.1 Å². The van der Waals surface area contributed by atoms with E-state index in [0.717, 1.165) is 4.68 Å². The first-order valence-electron chi connectivity index (χ1n) is 8.86. The molecule has 0 saturated heterocycles. The number of thiophene rings is 1. The molecule has 0 aliphatic carbocycles. The lowest BCUT2D eigenvalue weighted by atomic mass is 10.2. The van der Waals surface area contributed by atoms with Gasteiger partial charge in [-0.1, -0.05) is 23.4 Å². The molecule has 0 radical (unpaired) electrons. The summed E-state index contributed by atoms with van der Waals surface area (Å²) in [6, 6.07) is 10.2. The van der Waals surface area contributed by atoms with E-state index < -0.39 is 11.5 Å². The first-order chi connectivity index (χ1) is 14.0. The number of ether oxygens (including phenoxy) is 1. The summed E-state index contributed by atoms with van der Waals surface area (Å²) in [5, 5.41) is 12.4. The van der Waals surface area contributed by atoms with Crippen molar-refractivity contribution in [1.82, 2.24) is 20.3 Å². The van der Waals surface area contributed by atoms with Gasteiger partial charge in [0.25, 0.3) is 5.56 Å². The predicted molar refractivity (Wildman–Crippen MR) is 105 cm³/mol. The topological polar surface area (TPSA) is 120 Å². The van der Waals surface area contributed by atoms with E-state index in [-0.39, 0.29) is 44.2 Å². The van der Waals surface area contributed by atoms with Crippen LogP contribution in [-0.4, -0.2) is 39.2 Å². The van der Waals surface area contributed by atoms with Crippen molar-refractivity contribution in [2.75, 3.05) is 6.54 Å². The molecular formula is C19H18N4O5S. The average molecular weight is 414 g/mol. The lowest BCUT2D eigenvalue weighted by Crippen LogP contribution is -2.29. The highest BCUT2D eigenvalue weighted by atomic mass is 32.1. The third kappa shape index (κ3) is 5.55. The highest BCUT2D eigenvalue weighted by Crippen LogP contribution is 2.12. The van der Waals surface area contributed by atoms with Crippen molar-refractivity contribution < 1.29 is 19.1 Å². The van der Waals surface area contributed by atoms with Gasteiger partial charge in [-0.15, -0.1) is 16.4 Å². The Morgan fingerprint density at radius 1 is 1.07 bits per heavy atom. The number of hydrogen-bond acceptors (Lipinski definition) is 8. The van der Waals surface area contributed by atoms with E-state index in [1.807, 2.05) is 0 Å². The van der Waals surface area contributed by atoms with Gasteiger partial charge in [-0.25, -0.2) is 0 Å². The fourth-order valence-electron chi connectivity index (χ4n) is 2.49. The van der Waals surface area contributed by atoms with Gasteiger partial charge in [-0.2, -0.15) is 4.68 Å². The van der Waals surface area contributed by atoms with Crippen molar-refractivity contribution in [3.63, 3.8) is 0 Å². The number of Topliss-reactive ketones (excluding diaryl/α,β-unsaturated/α-hetero) is 1. The molecule has 150 valence electrons. The second kappa shape index (κ2) is 9.69. The van der Waals surface area contributed by atoms with Crippen LogP contribution < -0.4 is 10.9 Å². The molecule has 10 heteroatoms. The average Bonchev–Trinajstić information content (AvgIpc) is 3.27. The minimum Gasteiger partial charge on any atom is -0.442 e. The minimum atomic E-state index is -0.596. The Balaban J connectivity index is 1.38. The molecule has 0 bridgehead atoms. The number of amides is 1. The standard InChI is InChI=1S/C19H18N4O5S/c24-15(16-6-3-11-29-16)7-8-17(25)20-10-9-18(26)28-12-23-19(27)13-4-1-2-5-14(13)21-22-23/h1-6,11H,7-10,12H2,(H,20,25). The molecule has 0 fully saturated rings. The summed E-state index contributed by atoms with van der Waals surface area (Å²) < 4.78 is 5.96. The Hall–Kier alpha value is -3.40. The second-order valence-corrected chi connectivity index (χ2v) is 7.00. The SMILES string of the molecule is O=C(CCC(=O)c1cccs1)NCCC(=O)OCn1nnc2ccccc2c1=O. The molecule has 2 aromatic heterocycles. The third-order valence-corrected chi connectivity index (χ3v) is 4.91. The molecule has 2 heterocycles. The van der Waals surface area contributed by atoms with E-state index in [2.05, 4.69) is 15.6 Å². The number of fused-ring (bicyclic) bond motifs is 1. The number of hydrogen-bond donors (Lipinski definition) is 1. The number of ketones is 1. The molecule has 0 unspecified atom stereocenters. The van der Waals surface area contributed by atoms with Crippen molar-refractivity contribution in [3.05, 3.63) is 57.0 Å². The van der Waals surface area contributed by atoms with Crippen LogP contribution in [0.15, 0.2) is 46.6 Å². The predicted octanol–water partition coefficient (Wildman–Crippen LogP) is 1.52. The largest absolute Gasteiger partial charge is 0.442 e. The van der Waals surface area contributed by atoms with Crippen molar-refractivity contribution in [1.29, 1.82) is 0 Å². The number of esters is 1. The molecule has 0 spiro atoms.